The fraction of sp³-hybridized carbons (Fsp3) is 0.257. The van der Waals surface area contributed by atoms with Crippen molar-refractivity contribution in [3.8, 4) is 5.75 Å². The van der Waals surface area contributed by atoms with Gasteiger partial charge in [0.15, 0.2) is 0 Å². The Morgan fingerprint density at radius 3 is 2.11 bits per heavy atom. The average Bonchev–Trinajstić information content (AvgIpc) is 3.87. The molecule has 8 nitrogen and oxygen atoms in total. The van der Waals surface area contributed by atoms with Crippen LogP contribution in [-0.2, 0) is 39.1 Å². The van der Waals surface area contributed by atoms with Crippen LogP contribution in [0, 0.1) is 0 Å². The van der Waals surface area contributed by atoms with Gasteiger partial charge in [0.2, 0.25) is 21.8 Å². The van der Waals surface area contributed by atoms with Crippen LogP contribution in [0.4, 0.5) is 0 Å². The van der Waals surface area contributed by atoms with Gasteiger partial charge in [-0.05, 0) is 77.9 Å². The van der Waals surface area contributed by atoms with Crippen LogP contribution >= 0.6 is 11.6 Å². The molecule has 5 rings (SSSR count). The maximum atomic E-state index is 14.0. The molecule has 0 unspecified atom stereocenters. The third kappa shape index (κ3) is 8.94. The molecule has 0 radical (unpaired) electrons. The number of rotatable bonds is 14. The van der Waals surface area contributed by atoms with Crippen LogP contribution in [0.25, 0.3) is 0 Å². The highest BCUT2D eigenvalue weighted by Crippen LogP contribution is 2.27. The second kappa shape index (κ2) is 14.7. The maximum absolute atomic E-state index is 14.0. The molecule has 0 aromatic heterocycles. The molecule has 4 aromatic carbocycles. The van der Waals surface area contributed by atoms with Crippen LogP contribution in [-0.4, -0.2) is 38.3 Å². The third-order valence-corrected chi connectivity index (χ3v) is 9.44. The number of carbonyl (C=O) groups is 2. The number of amides is 2. The van der Waals surface area contributed by atoms with E-state index in [2.05, 4.69) is 10.0 Å². The Kier molecular flexibility index (Phi) is 10.5. The van der Waals surface area contributed by atoms with Crippen molar-refractivity contribution in [1.82, 2.24) is 14.9 Å². The maximum Gasteiger partial charge on any atom is 0.247 e. The van der Waals surface area contributed by atoms with Gasteiger partial charge in [-0.2, -0.15) is 0 Å². The lowest BCUT2D eigenvalue weighted by atomic mass is 10.0. The molecule has 2 amide bonds. The van der Waals surface area contributed by atoms with E-state index in [4.69, 9.17) is 16.3 Å². The molecule has 1 aliphatic carbocycles. The van der Waals surface area contributed by atoms with E-state index in [9.17, 15) is 18.0 Å². The smallest absolute Gasteiger partial charge is 0.247 e. The molecule has 1 atom stereocenters. The summed E-state index contributed by atoms with van der Waals surface area (Å²) >= 11 is 6.03. The van der Waals surface area contributed by atoms with Gasteiger partial charge < -0.3 is 15.0 Å². The molecule has 0 saturated heterocycles. The highest BCUT2D eigenvalue weighted by atomic mass is 35.5. The molecule has 0 aliphatic heterocycles. The Bertz CT molecular complexity index is 1690. The highest BCUT2D eigenvalue weighted by molar-refractivity contribution is 7.89. The zero-order valence-corrected chi connectivity index (χ0v) is 26.6. The van der Waals surface area contributed by atoms with Crippen molar-refractivity contribution in [2.75, 3.05) is 7.11 Å². The lowest BCUT2D eigenvalue weighted by molar-refractivity contribution is -0.141. The lowest BCUT2D eigenvalue weighted by Gasteiger charge is -2.32. The molecule has 2 N–H and O–H groups in total. The SMILES string of the molecule is COc1ccc(CN(C(=O)CCc2ccc(S(=O)(=O)NC3CC3)cc2)[C@H](C(=O)NCc2ccc(Cl)cc2)c2ccccc2)cc1. The van der Waals surface area contributed by atoms with Crippen molar-refractivity contribution in [2.24, 2.45) is 0 Å². The summed E-state index contributed by atoms with van der Waals surface area (Å²) in [6.07, 6.45) is 2.21. The summed E-state index contributed by atoms with van der Waals surface area (Å²) in [6.45, 7) is 0.468. The van der Waals surface area contributed by atoms with Crippen LogP contribution < -0.4 is 14.8 Å². The van der Waals surface area contributed by atoms with Crippen LogP contribution in [0.3, 0.4) is 0 Å². The first-order valence-electron chi connectivity index (χ1n) is 14.8. The molecule has 0 spiro atoms. The lowest BCUT2D eigenvalue weighted by Crippen LogP contribution is -2.43. The first-order valence-corrected chi connectivity index (χ1v) is 16.7. The van der Waals surface area contributed by atoms with E-state index in [1.807, 2.05) is 66.7 Å². The predicted molar refractivity (Wildman–Crippen MR) is 174 cm³/mol. The number of sulfonamides is 1. The zero-order chi connectivity index (χ0) is 31.8. The third-order valence-electron chi connectivity index (χ3n) is 7.65. The minimum absolute atomic E-state index is 0.0185. The first-order chi connectivity index (χ1) is 21.7. The topological polar surface area (TPSA) is 105 Å². The number of hydrogen-bond acceptors (Lipinski definition) is 5. The Hall–Kier alpha value is -4.18. The number of hydrogen-bond donors (Lipinski definition) is 2. The molecule has 1 aliphatic rings. The highest BCUT2D eigenvalue weighted by Gasteiger charge is 2.32. The normalized spacial score (nSPS) is 13.6. The molecule has 10 heteroatoms. The van der Waals surface area contributed by atoms with Gasteiger partial charge in [0.05, 0.1) is 12.0 Å². The summed E-state index contributed by atoms with van der Waals surface area (Å²) in [5.74, 6) is 0.166. The van der Waals surface area contributed by atoms with Crippen LogP contribution in [0.1, 0.15) is 47.6 Å². The fourth-order valence-corrected chi connectivity index (χ4v) is 6.40. The minimum Gasteiger partial charge on any atom is -0.497 e. The fourth-order valence-electron chi connectivity index (χ4n) is 4.97. The second-order valence-electron chi connectivity index (χ2n) is 11.1. The van der Waals surface area contributed by atoms with Crippen molar-refractivity contribution in [2.45, 2.75) is 55.8 Å². The first kappa shape index (κ1) is 32.2. The monoisotopic (exact) mass is 645 g/mol. The molecule has 1 saturated carbocycles. The molecular formula is C35H36ClN3O5S. The summed E-state index contributed by atoms with van der Waals surface area (Å²) < 4.78 is 33.1. The van der Waals surface area contributed by atoms with E-state index in [-0.39, 0.29) is 42.3 Å². The van der Waals surface area contributed by atoms with Crippen molar-refractivity contribution in [3.05, 3.63) is 130 Å². The summed E-state index contributed by atoms with van der Waals surface area (Å²) in [4.78, 5) is 29.7. The zero-order valence-electron chi connectivity index (χ0n) is 25.0. The van der Waals surface area contributed by atoms with E-state index < -0.39 is 16.1 Å². The van der Waals surface area contributed by atoms with Gasteiger partial charge in [-0.3, -0.25) is 9.59 Å². The van der Waals surface area contributed by atoms with E-state index in [0.29, 0.717) is 22.8 Å². The molecule has 4 aromatic rings. The molecule has 0 heterocycles. The van der Waals surface area contributed by atoms with Crippen molar-refractivity contribution >= 4 is 33.4 Å². The molecule has 0 bridgehead atoms. The number of halogens is 1. The number of nitrogens with zero attached hydrogens (tertiary/aromatic N) is 1. The Morgan fingerprint density at radius 1 is 0.867 bits per heavy atom. The predicted octanol–water partition coefficient (Wildman–Crippen LogP) is 5.81. The minimum atomic E-state index is -3.56. The van der Waals surface area contributed by atoms with Gasteiger partial charge in [0.1, 0.15) is 11.8 Å². The second-order valence-corrected chi connectivity index (χ2v) is 13.2. The number of benzene rings is 4. The van der Waals surface area contributed by atoms with Crippen molar-refractivity contribution < 1.29 is 22.7 Å². The summed E-state index contributed by atoms with van der Waals surface area (Å²) in [6, 6.07) is 29.6. The summed E-state index contributed by atoms with van der Waals surface area (Å²) in [5.41, 5.74) is 3.23. The molecule has 234 valence electrons. The molecular weight excluding hydrogens is 610 g/mol. The van der Waals surface area contributed by atoms with Crippen LogP contribution in [0.5, 0.6) is 5.75 Å². The van der Waals surface area contributed by atoms with E-state index in [1.165, 1.54) is 0 Å². The average molecular weight is 646 g/mol. The van der Waals surface area contributed by atoms with Crippen molar-refractivity contribution in [1.29, 1.82) is 0 Å². The standard InChI is InChI=1S/C35H36ClN3O5S/c1-44-31-18-9-27(10-19-31)24-39(33(40)22-13-25-11-20-32(21-12-25)45(42,43)38-30-16-17-30)34(28-5-3-2-4-6-28)35(41)37-23-26-7-14-29(36)15-8-26/h2-12,14-15,18-21,30,34,38H,13,16-17,22-24H2,1H3,(H,37,41)/t34-/m0/s1. The summed E-state index contributed by atoms with van der Waals surface area (Å²) in [7, 11) is -1.97. The van der Waals surface area contributed by atoms with Crippen LogP contribution in [0.2, 0.25) is 5.02 Å². The van der Waals surface area contributed by atoms with Gasteiger partial charge in [0, 0.05) is 30.6 Å². The van der Waals surface area contributed by atoms with Gasteiger partial charge >= 0.3 is 0 Å². The van der Waals surface area contributed by atoms with E-state index in [1.54, 1.807) is 48.4 Å². The van der Waals surface area contributed by atoms with Gasteiger partial charge in [-0.15, -0.1) is 0 Å². The number of nitrogens with one attached hydrogen (secondary N) is 2. The molecule has 45 heavy (non-hydrogen) atoms. The number of methoxy groups -OCH3 is 1. The Labute approximate surface area is 269 Å². The van der Waals surface area contributed by atoms with E-state index in [0.717, 1.165) is 29.5 Å². The van der Waals surface area contributed by atoms with Crippen LogP contribution in [0.15, 0.2) is 108 Å². The number of ether oxygens (including phenoxy) is 1. The van der Waals surface area contributed by atoms with Gasteiger partial charge in [-0.25, -0.2) is 13.1 Å². The number of carbonyl (C=O) groups excluding carboxylic acids is 2. The van der Waals surface area contributed by atoms with Crippen molar-refractivity contribution in [3.63, 3.8) is 0 Å². The largest absolute Gasteiger partial charge is 0.497 e. The van der Waals surface area contributed by atoms with Gasteiger partial charge in [-0.1, -0.05) is 78.3 Å². The van der Waals surface area contributed by atoms with E-state index >= 15 is 0 Å². The Morgan fingerprint density at radius 2 is 1.49 bits per heavy atom. The van der Waals surface area contributed by atoms with Gasteiger partial charge in [0.25, 0.3) is 0 Å². The molecule has 1 fully saturated rings. The quantitative estimate of drug-likeness (QED) is 0.180. The Balaban J connectivity index is 1.37. The summed E-state index contributed by atoms with van der Waals surface area (Å²) in [5, 5.41) is 3.62. The number of aryl methyl sites for hydroxylation is 1.